The van der Waals surface area contributed by atoms with E-state index in [0.717, 1.165) is 16.7 Å². The molecule has 0 radical (unpaired) electrons. The highest BCUT2D eigenvalue weighted by Crippen LogP contribution is 2.52. The van der Waals surface area contributed by atoms with Gasteiger partial charge in [0, 0.05) is 18.2 Å². The molecular weight excluding hydrogens is 337 g/mol. The maximum absolute atomic E-state index is 13.0. The average Bonchev–Trinajstić information content (AvgIpc) is 2.83. The summed E-state index contributed by atoms with van der Waals surface area (Å²) in [6, 6.07) is 3.72. The second kappa shape index (κ2) is 4.81. The van der Waals surface area contributed by atoms with Crippen LogP contribution in [0.3, 0.4) is 0 Å². The number of alkyl halides is 3. The molecule has 5 rings (SSSR count). The minimum Gasteiger partial charge on any atom is -0.494 e. The number of fused-ring (bicyclic) bond motifs is 1. The number of halogens is 3. The molecule has 3 heterocycles. The first-order chi connectivity index (χ1) is 11.7. The van der Waals surface area contributed by atoms with Crippen molar-refractivity contribution >= 4 is 5.91 Å². The number of carbonyl (C=O) groups excluding carboxylic acids is 1. The molecule has 25 heavy (non-hydrogen) atoms. The molecule has 130 valence electrons. The Morgan fingerprint density at radius 3 is 2.44 bits per heavy atom. The van der Waals surface area contributed by atoms with Crippen LogP contribution in [0.1, 0.15) is 28.7 Å². The fourth-order valence-electron chi connectivity index (χ4n) is 3.54. The van der Waals surface area contributed by atoms with E-state index in [0.29, 0.717) is 5.56 Å². The second-order valence-electron chi connectivity index (χ2n) is 6.11. The summed E-state index contributed by atoms with van der Waals surface area (Å²) >= 11 is 0. The van der Waals surface area contributed by atoms with E-state index in [-0.39, 0.29) is 23.0 Å². The van der Waals surface area contributed by atoms with Crippen LogP contribution in [-0.4, -0.2) is 32.6 Å². The van der Waals surface area contributed by atoms with Gasteiger partial charge in [-0.3, -0.25) is 9.36 Å². The summed E-state index contributed by atoms with van der Waals surface area (Å²) in [5, 5.41) is 21.1. The molecule has 8 heteroatoms. The lowest BCUT2D eigenvalue weighted by Gasteiger charge is -2.38. The Kier molecular flexibility index (Phi) is 3.00. The number of rotatable bonds is 1. The number of nitrogens with zero attached hydrogens (tertiary/aromatic N) is 2. The molecule has 2 N–H and O–H groups in total. The molecule has 1 amide bonds. The van der Waals surface area contributed by atoms with Crippen LogP contribution in [0.2, 0.25) is 0 Å². The third-order valence-electron chi connectivity index (χ3n) is 4.75. The van der Waals surface area contributed by atoms with Crippen LogP contribution in [0, 0.1) is 0 Å². The highest BCUT2D eigenvalue weighted by molar-refractivity contribution is 5.92. The first kappa shape index (κ1) is 15.6. The molecule has 1 aromatic carbocycles. The Morgan fingerprint density at radius 2 is 1.76 bits per heavy atom. The summed E-state index contributed by atoms with van der Waals surface area (Å²) in [5.41, 5.74) is -0.353. The van der Waals surface area contributed by atoms with Crippen molar-refractivity contribution in [3.05, 3.63) is 53.1 Å². The fourth-order valence-corrected chi connectivity index (χ4v) is 3.54. The molecule has 0 saturated heterocycles. The van der Waals surface area contributed by atoms with E-state index in [2.05, 4.69) is 0 Å². The maximum Gasteiger partial charge on any atom is 0.416 e. The number of aromatic hydroxyl groups is 2. The van der Waals surface area contributed by atoms with Crippen LogP contribution >= 0.6 is 0 Å². The first-order valence-corrected chi connectivity index (χ1v) is 7.51. The van der Waals surface area contributed by atoms with Gasteiger partial charge in [-0.1, -0.05) is 18.2 Å². The average molecular weight is 350 g/mol. The van der Waals surface area contributed by atoms with Crippen LogP contribution < -0.4 is 0 Å². The smallest absolute Gasteiger partial charge is 0.416 e. The largest absolute Gasteiger partial charge is 0.494 e. The lowest BCUT2D eigenvalue weighted by Crippen LogP contribution is -2.41. The van der Waals surface area contributed by atoms with Gasteiger partial charge in [-0.15, -0.1) is 0 Å². The summed E-state index contributed by atoms with van der Waals surface area (Å²) in [6.07, 6.45) is -1.19. The van der Waals surface area contributed by atoms with Crippen molar-refractivity contribution in [1.29, 1.82) is 0 Å². The number of amides is 1. The summed E-state index contributed by atoms with van der Waals surface area (Å²) in [5.74, 6) is -1.79. The molecule has 1 aromatic heterocycles. The lowest BCUT2D eigenvalue weighted by atomic mass is 9.81. The van der Waals surface area contributed by atoms with Crippen molar-refractivity contribution in [2.24, 2.45) is 0 Å². The molecule has 3 aliphatic rings. The fraction of sp³-hybridized carbons (Fsp3) is 0.235. The maximum atomic E-state index is 13.0. The van der Waals surface area contributed by atoms with Gasteiger partial charge in [-0.05, 0) is 18.2 Å². The van der Waals surface area contributed by atoms with Crippen molar-refractivity contribution in [2.45, 2.75) is 18.1 Å². The Hall–Kier alpha value is -2.90. The van der Waals surface area contributed by atoms with Gasteiger partial charge in [0.05, 0.1) is 23.2 Å². The standard InChI is InChI=1S/C17H13F3N2O3/c1-21-11-6-5-10(14(21)23)12-13(11)16(25)22(15(12)24)9-4-2-3-8(7-9)17(18,19)20/h2-7,10-11,24-25H,1H3. The van der Waals surface area contributed by atoms with E-state index in [1.807, 2.05) is 0 Å². The molecule has 2 bridgehead atoms. The van der Waals surface area contributed by atoms with Crippen molar-refractivity contribution in [1.82, 2.24) is 9.47 Å². The minimum atomic E-state index is -4.55. The zero-order chi connectivity index (χ0) is 18.1. The van der Waals surface area contributed by atoms with E-state index in [9.17, 15) is 28.2 Å². The van der Waals surface area contributed by atoms with E-state index in [1.54, 1.807) is 19.2 Å². The number of hydrogen-bond acceptors (Lipinski definition) is 3. The zero-order valence-corrected chi connectivity index (χ0v) is 12.9. The van der Waals surface area contributed by atoms with Gasteiger partial charge in [-0.25, -0.2) is 0 Å². The van der Waals surface area contributed by atoms with Crippen LogP contribution in [0.15, 0.2) is 36.4 Å². The molecular formula is C17H13F3N2O3. The normalized spacial score (nSPS) is 21.8. The minimum absolute atomic E-state index is 0.0336. The van der Waals surface area contributed by atoms with Gasteiger partial charge in [-0.2, -0.15) is 13.2 Å². The third kappa shape index (κ3) is 2.00. The Balaban J connectivity index is 1.93. The predicted octanol–water partition coefficient (Wildman–Crippen LogP) is 3.07. The number of aromatic nitrogens is 1. The first-order valence-electron chi connectivity index (χ1n) is 7.51. The van der Waals surface area contributed by atoms with E-state index in [4.69, 9.17) is 0 Å². The molecule has 5 nitrogen and oxygen atoms in total. The molecule has 2 atom stereocenters. The third-order valence-corrected chi connectivity index (χ3v) is 4.75. The Morgan fingerprint density at radius 1 is 1.08 bits per heavy atom. The summed E-state index contributed by atoms with van der Waals surface area (Å²) < 4.78 is 39.8. The summed E-state index contributed by atoms with van der Waals surface area (Å²) in [4.78, 5) is 13.7. The zero-order valence-electron chi connectivity index (χ0n) is 12.9. The quantitative estimate of drug-likeness (QED) is 0.777. The van der Waals surface area contributed by atoms with E-state index < -0.39 is 29.6 Å². The van der Waals surface area contributed by atoms with Gasteiger partial charge in [0.25, 0.3) is 0 Å². The highest BCUT2D eigenvalue weighted by atomic mass is 19.4. The summed E-state index contributed by atoms with van der Waals surface area (Å²) in [6.45, 7) is 0. The van der Waals surface area contributed by atoms with Gasteiger partial charge in [0.2, 0.25) is 17.7 Å². The molecule has 0 saturated carbocycles. The molecule has 0 fully saturated rings. The number of benzene rings is 1. The van der Waals surface area contributed by atoms with Crippen LogP contribution in [0.4, 0.5) is 13.2 Å². The molecule has 2 aromatic rings. The van der Waals surface area contributed by atoms with Crippen molar-refractivity contribution in [3.8, 4) is 17.4 Å². The van der Waals surface area contributed by atoms with Crippen molar-refractivity contribution in [3.63, 3.8) is 0 Å². The highest BCUT2D eigenvalue weighted by Gasteiger charge is 2.45. The molecule has 2 aliphatic heterocycles. The molecule has 2 unspecified atom stereocenters. The van der Waals surface area contributed by atoms with Crippen molar-refractivity contribution in [2.75, 3.05) is 7.05 Å². The Labute approximate surface area is 140 Å². The monoisotopic (exact) mass is 350 g/mol. The van der Waals surface area contributed by atoms with Crippen LogP contribution in [0.5, 0.6) is 11.8 Å². The van der Waals surface area contributed by atoms with E-state index in [1.165, 1.54) is 17.0 Å². The number of carbonyl (C=O) groups is 1. The Bertz CT molecular complexity index is 930. The van der Waals surface area contributed by atoms with Gasteiger partial charge in [0.1, 0.15) is 0 Å². The topological polar surface area (TPSA) is 65.7 Å². The van der Waals surface area contributed by atoms with Gasteiger partial charge < -0.3 is 15.1 Å². The number of hydrogen-bond donors (Lipinski definition) is 2. The van der Waals surface area contributed by atoms with Crippen LogP contribution in [0.25, 0.3) is 5.69 Å². The van der Waals surface area contributed by atoms with Crippen molar-refractivity contribution < 1.29 is 28.2 Å². The molecule has 0 spiro atoms. The van der Waals surface area contributed by atoms with Gasteiger partial charge >= 0.3 is 6.18 Å². The summed E-state index contributed by atoms with van der Waals surface area (Å²) in [7, 11) is 1.57. The van der Waals surface area contributed by atoms with Gasteiger partial charge in [0.15, 0.2) is 0 Å². The molecule has 1 aliphatic carbocycles. The second-order valence-corrected chi connectivity index (χ2v) is 6.11. The SMILES string of the molecule is CN1C(=O)C2C=CC1c1c2c(O)n(-c2cccc(C(F)(F)F)c2)c1O. The van der Waals surface area contributed by atoms with Crippen LogP contribution in [-0.2, 0) is 11.0 Å². The predicted molar refractivity (Wildman–Crippen MR) is 81.5 cm³/mol. The van der Waals surface area contributed by atoms with E-state index >= 15 is 0 Å². The number of likely N-dealkylation sites (N-methyl/N-ethyl adjacent to an activating group) is 1. The lowest BCUT2D eigenvalue weighted by molar-refractivity contribution is -0.137.